The Bertz CT molecular complexity index is 512. The van der Waals surface area contributed by atoms with Crippen LogP contribution in [0.3, 0.4) is 0 Å². The number of hydrogen-bond donors (Lipinski definition) is 2. The number of nitrogens with one attached hydrogen (secondary N) is 1. The summed E-state index contributed by atoms with van der Waals surface area (Å²) < 4.78 is 39.4. The lowest BCUT2D eigenvalue weighted by Gasteiger charge is -2.07. The van der Waals surface area contributed by atoms with E-state index in [0.29, 0.717) is 12.5 Å². The third-order valence-corrected chi connectivity index (χ3v) is 4.28. The van der Waals surface area contributed by atoms with Crippen LogP contribution in [0.2, 0.25) is 0 Å². The minimum Gasteiger partial charge on any atom is -0.399 e. The number of anilines is 1. The van der Waals surface area contributed by atoms with Gasteiger partial charge in [-0.3, -0.25) is 0 Å². The first-order chi connectivity index (χ1) is 7.99. The Hall–Kier alpha value is -1.14. The van der Waals surface area contributed by atoms with E-state index in [1.165, 1.54) is 12.1 Å². The fraction of sp³-hybridized carbons (Fsp3) is 0.455. The Labute approximate surface area is 100 Å². The molecular weight excluding hydrogens is 243 g/mol. The molecule has 1 saturated carbocycles. The molecule has 0 atom stereocenters. The van der Waals surface area contributed by atoms with Crippen molar-refractivity contribution in [3.05, 3.63) is 24.0 Å². The quantitative estimate of drug-likeness (QED) is 0.786. The maximum absolute atomic E-state index is 13.4. The van der Waals surface area contributed by atoms with E-state index in [-0.39, 0.29) is 10.6 Å². The van der Waals surface area contributed by atoms with Gasteiger partial charge in [0, 0.05) is 12.2 Å². The zero-order valence-electron chi connectivity index (χ0n) is 9.32. The zero-order chi connectivity index (χ0) is 12.5. The number of benzene rings is 1. The molecule has 1 fully saturated rings. The van der Waals surface area contributed by atoms with E-state index in [4.69, 9.17) is 5.73 Å². The van der Waals surface area contributed by atoms with Crippen LogP contribution < -0.4 is 10.5 Å². The molecule has 0 amide bonds. The van der Waals surface area contributed by atoms with Gasteiger partial charge in [-0.15, -0.1) is 0 Å². The van der Waals surface area contributed by atoms with Crippen molar-refractivity contribution in [1.29, 1.82) is 0 Å². The predicted molar refractivity (Wildman–Crippen MR) is 63.3 cm³/mol. The summed E-state index contributed by atoms with van der Waals surface area (Å²) in [5.41, 5.74) is 5.57. The molecule has 0 aliphatic heterocycles. The van der Waals surface area contributed by atoms with Crippen molar-refractivity contribution in [3.63, 3.8) is 0 Å². The smallest absolute Gasteiger partial charge is 0.243 e. The number of nitrogen functional groups attached to an aromatic ring is 1. The Morgan fingerprint density at radius 1 is 1.41 bits per heavy atom. The van der Waals surface area contributed by atoms with E-state index in [9.17, 15) is 12.8 Å². The van der Waals surface area contributed by atoms with Gasteiger partial charge in [0.05, 0.1) is 0 Å². The van der Waals surface area contributed by atoms with Crippen LogP contribution in [-0.4, -0.2) is 15.0 Å². The van der Waals surface area contributed by atoms with Crippen LogP contribution in [-0.2, 0) is 10.0 Å². The summed E-state index contributed by atoms with van der Waals surface area (Å²) in [6, 6.07) is 3.57. The van der Waals surface area contributed by atoms with Crippen molar-refractivity contribution in [3.8, 4) is 0 Å². The molecule has 0 bridgehead atoms. The van der Waals surface area contributed by atoms with E-state index >= 15 is 0 Å². The predicted octanol–water partition coefficient (Wildman–Crippen LogP) is 1.49. The molecular formula is C11H15FN2O2S. The Morgan fingerprint density at radius 2 is 2.12 bits per heavy atom. The van der Waals surface area contributed by atoms with Gasteiger partial charge < -0.3 is 5.73 Å². The Balaban J connectivity index is 2.07. The van der Waals surface area contributed by atoms with E-state index in [1.54, 1.807) is 0 Å². The minimum absolute atomic E-state index is 0.208. The van der Waals surface area contributed by atoms with Crippen LogP contribution in [0.5, 0.6) is 0 Å². The average Bonchev–Trinajstić information content (AvgIpc) is 3.00. The van der Waals surface area contributed by atoms with Crippen molar-refractivity contribution in [2.45, 2.75) is 24.2 Å². The van der Waals surface area contributed by atoms with Crippen molar-refractivity contribution in [2.24, 2.45) is 5.92 Å². The molecule has 2 rings (SSSR count). The molecule has 0 aromatic heterocycles. The van der Waals surface area contributed by atoms with Gasteiger partial charge in [0.1, 0.15) is 10.7 Å². The van der Waals surface area contributed by atoms with Crippen LogP contribution in [0, 0.1) is 11.7 Å². The van der Waals surface area contributed by atoms with Crippen LogP contribution in [0.1, 0.15) is 19.3 Å². The number of sulfonamides is 1. The highest BCUT2D eigenvalue weighted by Crippen LogP contribution is 2.31. The lowest BCUT2D eigenvalue weighted by molar-refractivity contribution is 0.553. The van der Waals surface area contributed by atoms with Gasteiger partial charge in [0.15, 0.2) is 0 Å². The molecule has 0 unspecified atom stereocenters. The normalized spacial score (nSPS) is 16.1. The second kappa shape index (κ2) is 4.62. The first kappa shape index (κ1) is 12.3. The molecule has 1 aliphatic carbocycles. The maximum Gasteiger partial charge on any atom is 0.243 e. The molecule has 1 aromatic rings. The van der Waals surface area contributed by atoms with Crippen molar-refractivity contribution < 1.29 is 12.8 Å². The monoisotopic (exact) mass is 258 g/mol. The van der Waals surface area contributed by atoms with Crippen molar-refractivity contribution in [2.75, 3.05) is 12.3 Å². The topological polar surface area (TPSA) is 72.2 Å². The highest BCUT2D eigenvalue weighted by atomic mass is 32.2. The van der Waals surface area contributed by atoms with Crippen molar-refractivity contribution in [1.82, 2.24) is 4.72 Å². The molecule has 1 aliphatic rings. The highest BCUT2D eigenvalue weighted by molar-refractivity contribution is 7.89. The molecule has 0 radical (unpaired) electrons. The highest BCUT2D eigenvalue weighted by Gasteiger charge is 2.23. The van der Waals surface area contributed by atoms with Gasteiger partial charge in [-0.05, 0) is 30.5 Å². The number of rotatable bonds is 5. The first-order valence-electron chi connectivity index (χ1n) is 5.54. The molecule has 6 heteroatoms. The first-order valence-corrected chi connectivity index (χ1v) is 7.02. The maximum atomic E-state index is 13.4. The molecule has 0 heterocycles. The van der Waals surface area contributed by atoms with Gasteiger partial charge in [0.2, 0.25) is 10.0 Å². The summed E-state index contributed by atoms with van der Waals surface area (Å²) in [7, 11) is -3.76. The summed E-state index contributed by atoms with van der Waals surface area (Å²) in [4.78, 5) is -0.345. The molecule has 4 nitrogen and oxygen atoms in total. The fourth-order valence-electron chi connectivity index (χ4n) is 1.62. The Kier molecular flexibility index (Phi) is 3.35. The van der Waals surface area contributed by atoms with Gasteiger partial charge >= 0.3 is 0 Å². The molecule has 94 valence electrons. The number of hydrogen-bond acceptors (Lipinski definition) is 3. The summed E-state index contributed by atoms with van der Waals surface area (Å²) in [5, 5.41) is 0. The van der Waals surface area contributed by atoms with Gasteiger partial charge in [-0.25, -0.2) is 17.5 Å². The van der Waals surface area contributed by atoms with E-state index in [1.807, 2.05) is 0 Å². The number of nitrogens with two attached hydrogens (primary N) is 1. The van der Waals surface area contributed by atoms with E-state index in [0.717, 1.165) is 25.3 Å². The van der Waals surface area contributed by atoms with Crippen LogP contribution in [0.25, 0.3) is 0 Å². The van der Waals surface area contributed by atoms with E-state index in [2.05, 4.69) is 4.72 Å². The van der Waals surface area contributed by atoms with E-state index < -0.39 is 15.8 Å². The van der Waals surface area contributed by atoms with Crippen molar-refractivity contribution >= 4 is 15.7 Å². The Morgan fingerprint density at radius 3 is 2.71 bits per heavy atom. The second-order valence-corrected chi connectivity index (χ2v) is 6.06. The molecule has 17 heavy (non-hydrogen) atoms. The van der Waals surface area contributed by atoms with Gasteiger partial charge in [-0.1, -0.05) is 12.8 Å². The van der Waals surface area contributed by atoms with Gasteiger partial charge in [-0.2, -0.15) is 0 Å². The lowest BCUT2D eigenvalue weighted by Crippen LogP contribution is -2.26. The third kappa shape index (κ3) is 3.17. The number of halogens is 1. The molecule has 1 aromatic carbocycles. The average molecular weight is 258 g/mol. The lowest BCUT2D eigenvalue weighted by atomic mass is 10.3. The summed E-state index contributed by atoms with van der Waals surface area (Å²) in [6.45, 7) is 0.358. The largest absolute Gasteiger partial charge is 0.399 e. The van der Waals surface area contributed by atoms with Gasteiger partial charge in [0.25, 0.3) is 0 Å². The van der Waals surface area contributed by atoms with Crippen LogP contribution >= 0.6 is 0 Å². The summed E-state index contributed by atoms with van der Waals surface area (Å²) in [6.07, 6.45) is 3.14. The summed E-state index contributed by atoms with van der Waals surface area (Å²) >= 11 is 0. The second-order valence-electron chi connectivity index (χ2n) is 4.32. The minimum atomic E-state index is -3.76. The third-order valence-electron chi connectivity index (χ3n) is 2.79. The fourth-order valence-corrected chi connectivity index (χ4v) is 2.72. The SMILES string of the molecule is Nc1ccc(S(=O)(=O)NCCC2CC2)c(F)c1. The van der Waals surface area contributed by atoms with Crippen LogP contribution in [0.15, 0.2) is 23.1 Å². The standard InChI is InChI=1S/C11H15FN2O2S/c12-10-7-9(13)3-4-11(10)17(15,16)14-6-5-8-1-2-8/h3-4,7-8,14H,1-2,5-6,13H2. The van der Waals surface area contributed by atoms with Crippen LogP contribution in [0.4, 0.5) is 10.1 Å². The summed E-state index contributed by atoms with van der Waals surface area (Å²) in [5.74, 6) is -0.183. The molecule has 0 saturated heterocycles. The molecule has 3 N–H and O–H groups in total. The molecule has 0 spiro atoms. The zero-order valence-corrected chi connectivity index (χ0v) is 10.1.